The van der Waals surface area contributed by atoms with E-state index in [0.717, 1.165) is 10.4 Å². The van der Waals surface area contributed by atoms with Crippen LogP contribution in [0.1, 0.15) is 10.4 Å². The van der Waals surface area contributed by atoms with Crippen LogP contribution in [0, 0.1) is 0 Å². The highest BCUT2D eigenvalue weighted by Gasteiger charge is 2.10. The Morgan fingerprint density at radius 2 is 2.00 bits per heavy atom. The SMILES string of the molecule is CN(Cc1cccs1)C(=O)OCc1ccccc1. The van der Waals surface area contributed by atoms with Crippen molar-refractivity contribution < 1.29 is 9.53 Å². The molecule has 18 heavy (non-hydrogen) atoms. The number of carbonyl (C=O) groups is 1. The fourth-order valence-electron chi connectivity index (χ4n) is 1.53. The highest BCUT2D eigenvalue weighted by molar-refractivity contribution is 7.09. The summed E-state index contributed by atoms with van der Waals surface area (Å²) in [6, 6.07) is 13.7. The van der Waals surface area contributed by atoms with Gasteiger partial charge in [-0.15, -0.1) is 11.3 Å². The van der Waals surface area contributed by atoms with Crippen molar-refractivity contribution in [3.05, 3.63) is 58.3 Å². The molecule has 4 heteroatoms. The number of carbonyl (C=O) groups excluding carboxylic acids is 1. The summed E-state index contributed by atoms with van der Waals surface area (Å²) >= 11 is 1.63. The Kier molecular flexibility index (Phi) is 4.36. The zero-order chi connectivity index (χ0) is 12.8. The van der Waals surface area contributed by atoms with Crippen LogP contribution >= 0.6 is 11.3 Å². The van der Waals surface area contributed by atoms with Crippen molar-refractivity contribution in [1.82, 2.24) is 4.90 Å². The Hall–Kier alpha value is -1.81. The molecule has 2 rings (SSSR count). The molecular formula is C14H15NO2S. The summed E-state index contributed by atoms with van der Waals surface area (Å²) in [7, 11) is 1.74. The summed E-state index contributed by atoms with van der Waals surface area (Å²) in [5.74, 6) is 0. The van der Waals surface area contributed by atoms with Gasteiger partial charge in [-0.05, 0) is 17.0 Å². The molecule has 0 spiro atoms. The lowest BCUT2D eigenvalue weighted by Crippen LogP contribution is -2.26. The normalized spacial score (nSPS) is 10.1. The molecule has 0 bridgehead atoms. The van der Waals surface area contributed by atoms with Crippen LogP contribution < -0.4 is 0 Å². The summed E-state index contributed by atoms with van der Waals surface area (Å²) < 4.78 is 5.23. The Balaban J connectivity index is 1.81. The molecule has 1 amide bonds. The van der Waals surface area contributed by atoms with E-state index in [1.165, 1.54) is 0 Å². The van der Waals surface area contributed by atoms with Gasteiger partial charge in [-0.3, -0.25) is 0 Å². The maximum absolute atomic E-state index is 11.8. The summed E-state index contributed by atoms with van der Waals surface area (Å²) in [5.41, 5.74) is 0.996. The molecule has 0 atom stereocenters. The summed E-state index contributed by atoms with van der Waals surface area (Å²) in [5, 5.41) is 2.00. The average molecular weight is 261 g/mol. The average Bonchev–Trinajstić information content (AvgIpc) is 2.90. The molecule has 1 aromatic heterocycles. The summed E-state index contributed by atoms with van der Waals surface area (Å²) in [4.78, 5) is 14.5. The van der Waals surface area contributed by atoms with Crippen molar-refractivity contribution in [3.63, 3.8) is 0 Å². The van der Waals surface area contributed by atoms with Gasteiger partial charge in [0.15, 0.2) is 0 Å². The van der Waals surface area contributed by atoms with Gasteiger partial charge in [-0.25, -0.2) is 4.79 Å². The predicted molar refractivity (Wildman–Crippen MR) is 72.4 cm³/mol. The van der Waals surface area contributed by atoms with Crippen LogP contribution in [0.2, 0.25) is 0 Å². The minimum Gasteiger partial charge on any atom is -0.445 e. The van der Waals surface area contributed by atoms with Crippen molar-refractivity contribution in [2.75, 3.05) is 7.05 Å². The van der Waals surface area contributed by atoms with Crippen LogP contribution in [-0.2, 0) is 17.9 Å². The van der Waals surface area contributed by atoms with E-state index in [1.54, 1.807) is 23.3 Å². The third-order valence-electron chi connectivity index (χ3n) is 2.49. The quantitative estimate of drug-likeness (QED) is 0.842. The zero-order valence-electron chi connectivity index (χ0n) is 10.2. The molecule has 0 unspecified atom stereocenters. The standard InChI is InChI=1S/C14H15NO2S/c1-15(10-13-8-5-9-18-13)14(16)17-11-12-6-3-2-4-7-12/h2-9H,10-11H2,1H3. The van der Waals surface area contributed by atoms with E-state index in [4.69, 9.17) is 4.74 Å². The maximum Gasteiger partial charge on any atom is 0.410 e. The second-order valence-corrected chi connectivity index (χ2v) is 5.01. The fourth-order valence-corrected chi connectivity index (χ4v) is 2.29. The Labute approximate surface area is 111 Å². The first kappa shape index (κ1) is 12.6. The number of nitrogens with zero attached hydrogens (tertiary/aromatic N) is 1. The number of benzene rings is 1. The lowest BCUT2D eigenvalue weighted by Gasteiger charge is -2.16. The molecule has 1 heterocycles. The van der Waals surface area contributed by atoms with Crippen molar-refractivity contribution >= 4 is 17.4 Å². The van der Waals surface area contributed by atoms with Gasteiger partial charge >= 0.3 is 6.09 Å². The molecule has 0 saturated carbocycles. The Bertz CT molecular complexity index is 482. The molecule has 3 nitrogen and oxygen atoms in total. The van der Waals surface area contributed by atoms with E-state index in [2.05, 4.69) is 0 Å². The Morgan fingerprint density at radius 1 is 1.22 bits per heavy atom. The lowest BCUT2D eigenvalue weighted by molar-refractivity contribution is 0.103. The van der Waals surface area contributed by atoms with Crippen LogP contribution in [0.3, 0.4) is 0 Å². The number of amides is 1. The third-order valence-corrected chi connectivity index (χ3v) is 3.35. The monoisotopic (exact) mass is 261 g/mol. The number of hydrogen-bond acceptors (Lipinski definition) is 3. The van der Waals surface area contributed by atoms with E-state index < -0.39 is 0 Å². The highest BCUT2D eigenvalue weighted by atomic mass is 32.1. The second-order valence-electron chi connectivity index (χ2n) is 3.98. The third kappa shape index (κ3) is 3.60. The van der Waals surface area contributed by atoms with Crippen LogP contribution in [-0.4, -0.2) is 18.0 Å². The van der Waals surface area contributed by atoms with E-state index in [1.807, 2.05) is 47.8 Å². The zero-order valence-corrected chi connectivity index (χ0v) is 11.0. The molecule has 1 aromatic carbocycles. The fraction of sp³-hybridized carbons (Fsp3) is 0.214. The van der Waals surface area contributed by atoms with E-state index in [0.29, 0.717) is 13.2 Å². The van der Waals surface area contributed by atoms with E-state index >= 15 is 0 Å². The second kappa shape index (κ2) is 6.21. The van der Waals surface area contributed by atoms with Crippen molar-refractivity contribution in [2.24, 2.45) is 0 Å². The van der Waals surface area contributed by atoms with Gasteiger partial charge in [0.2, 0.25) is 0 Å². The summed E-state index contributed by atoms with van der Waals surface area (Å²) in [6.07, 6.45) is -0.299. The van der Waals surface area contributed by atoms with Crippen LogP contribution in [0.25, 0.3) is 0 Å². The largest absolute Gasteiger partial charge is 0.445 e. The first-order chi connectivity index (χ1) is 8.75. The molecule has 0 saturated heterocycles. The van der Waals surface area contributed by atoms with Crippen LogP contribution in [0.5, 0.6) is 0 Å². The lowest BCUT2D eigenvalue weighted by atomic mass is 10.2. The first-order valence-corrected chi connectivity index (χ1v) is 6.58. The highest BCUT2D eigenvalue weighted by Crippen LogP contribution is 2.11. The van der Waals surface area contributed by atoms with E-state index in [9.17, 15) is 4.79 Å². The summed E-state index contributed by atoms with van der Waals surface area (Å²) in [6.45, 7) is 0.903. The number of thiophene rings is 1. The molecule has 0 aliphatic heterocycles. The van der Waals surface area contributed by atoms with Crippen molar-refractivity contribution in [3.8, 4) is 0 Å². The topological polar surface area (TPSA) is 29.5 Å². The molecule has 0 radical (unpaired) electrons. The first-order valence-electron chi connectivity index (χ1n) is 5.70. The smallest absolute Gasteiger partial charge is 0.410 e. The van der Waals surface area contributed by atoms with Gasteiger partial charge in [0, 0.05) is 11.9 Å². The van der Waals surface area contributed by atoms with Crippen LogP contribution in [0.15, 0.2) is 47.8 Å². The van der Waals surface area contributed by atoms with Gasteiger partial charge in [0.05, 0.1) is 6.54 Å². The predicted octanol–water partition coefficient (Wildman–Crippen LogP) is 3.52. The molecule has 2 aromatic rings. The molecule has 94 valence electrons. The van der Waals surface area contributed by atoms with Gasteiger partial charge in [0.25, 0.3) is 0 Å². The van der Waals surface area contributed by atoms with Gasteiger partial charge in [-0.2, -0.15) is 0 Å². The molecule has 0 aliphatic carbocycles. The van der Waals surface area contributed by atoms with E-state index in [-0.39, 0.29) is 6.09 Å². The number of rotatable bonds is 4. The molecular weight excluding hydrogens is 246 g/mol. The molecule has 0 aliphatic rings. The Morgan fingerprint density at radius 3 is 2.67 bits per heavy atom. The minimum atomic E-state index is -0.299. The van der Waals surface area contributed by atoms with Gasteiger partial charge in [0.1, 0.15) is 6.61 Å². The van der Waals surface area contributed by atoms with Crippen molar-refractivity contribution in [1.29, 1.82) is 0 Å². The number of hydrogen-bond donors (Lipinski definition) is 0. The minimum absolute atomic E-state index is 0.299. The van der Waals surface area contributed by atoms with Gasteiger partial charge in [-0.1, -0.05) is 36.4 Å². The van der Waals surface area contributed by atoms with Crippen molar-refractivity contribution in [2.45, 2.75) is 13.2 Å². The van der Waals surface area contributed by atoms with Gasteiger partial charge < -0.3 is 9.64 Å². The molecule has 0 fully saturated rings. The maximum atomic E-state index is 11.8. The van der Waals surface area contributed by atoms with Crippen LogP contribution in [0.4, 0.5) is 4.79 Å². The number of ether oxygens (including phenoxy) is 1. The molecule has 0 N–H and O–H groups in total.